The second-order valence-electron chi connectivity index (χ2n) is 4.91. The van der Waals surface area contributed by atoms with E-state index in [1.165, 1.54) is 18.2 Å². The first-order chi connectivity index (χ1) is 9.40. The number of rotatable bonds is 5. The summed E-state index contributed by atoms with van der Waals surface area (Å²) in [6.45, 7) is 6.70. The molecule has 0 saturated carbocycles. The Balaban J connectivity index is 2.57. The van der Waals surface area contributed by atoms with Crippen molar-refractivity contribution in [1.82, 2.24) is 10.7 Å². The van der Waals surface area contributed by atoms with E-state index in [-0.39, 0.29) is 5.75 Å². The standard InChI is InChI=1S/C14H20FN3OS/c1-9(2)6-7-16-14(20)18-17-10(3)12-8-11(15)4-5-13(12)19/h4-5,8-9,19H,6-7H2,1-3H3,(H2,16,18,20)/b17-10+. The van der Waals surface area contributed by atoms with Crippen LogP contribution < -0.4 is 10.7 Å². The highest BCUT2D eigenvalue weighted by Gasteiger charge is 2.06. The Morgan fingerprint density at radius 3 is 2.80 bits per heavy atom. The Kier molecular flexibility index (Phi) is 6.38. The van der Waals surface area contributed by atoms with Crippen molar-refractivity contribution in [2.75, 3.05) is 6.54 Å². The molecule has 6 heteroatoms. The summed E-state index contributed by atoms with van der Waals surface area (Å²) in [5, 5.41) is 17.1. The minimum atomic E-state index is -0.426. The number of halogens is 1. The van der Waals surface area contributed by atoms with Crippen LogP contribution in [0.15, 0.2) is 23.3 Å². The number of hydrogen-bond acceptors (Lipinski definition) is 3. The van der Waals surface area contributed by atoms with Gasteiger partial charge < -0.3 is 10.4 Å². The molecule has 0 aromatic heterocycles. The molecule has 0 fully saturated rings. The van der Waals surface area contributed by atoms with Crippen LogP contribution in [0.5, 0.6) is 5.75 Å². The minimum absolute atomic E-state index is 0.0202. The second kappa shape index (κ2) is 7.79. The van der Waals surface area contributed by atoms with Crippen LogP contribution in [0.3, 0.4) is 0 Å². The summed E-state index contributed by atoms with van der Waals surface area (Å²) in [4.78, 5) is 0. The first kappa shape index (κ1) is 16.4. The van der Waals surface area contributed by atoms with Crippen LogP contribution in [0, 0.1) is 11.7 Å². The number of thiocarbonyl (C=S) groups is 1. The Labute approximate surface area is 124 Å². The molecule has 0 spiro atoms. The van der Waals surface area contributed by atoms with Gasteiger partial charge in [-0.05, 0) is 49.7 Å². The third-order valence-electron chi connectivity index (χ3n) is 2.68. The summed E-state index contributed by atoms with van der Waals surface area (Å²) in [6.07, 6.45) is 1.01. The molecule has 0 saturated heterocycles. The van der Waals surface area contributed by atoms with E-state index in [4.69, 9.17) is 12.2 Å². The van der Waals surface area contributed by atoms with Gasteiger partial charge in [0, 0.05) is 12.1 Å². The molecule has 0 aliphatic heterocycles. The molecule has 0 aliphatic rings. The number of benzene rings is 1. The van der Waals surface area contributed by atoms with Gasteiger partial charge in [-0.25, -0.2) is 4.39 Å². The Morgan fingerprint density at radius 1 is 1.45 bits per heavy atom. The molecule has 0 unspecified atom stereocenters. The molecule has 0 radical (unpaired) electrons. The molecule has 0 atom stereocenters. The smallest absolute Gasteiger partial charge is 0.186 e. The molecule has 110 valence electrons. The maximum atomic E-state index is 13.1. The molecule has 1 rings (SSSR count). The van der Waals surface area contributed by atoms with Crippen molar-refractivity contribution in [2.24, 2.45) is 11.0 Å². The summed E-state index contributed by atoms with van der Waals surface area (Å²) in [7, 11) is 0. The maximum Gasteiger partial charge on any atom is 0.186 e. The summed E-state index contributed by atoms with van der Waals surface area (Å²) >= 11 is 5.07. The summed E-state index contributed by atoms with van der Waals surface area (Å²) < 4.78 is 13.1. The molecular formula is C14H20FN3OS. The van der Waals surface area contributed by atoms with E-state index < -0.39 is 5.82 Å². The van der Waals surface area contributed by atoms with E-state index in [0.717, 1.165) is 13.0 Å². The van der Waals surface area contributed by atoms with E-state index in [0.29, 0.717) is 22.3 Å². The topological polar surface area (TPSA) is 56.7 Å². The van der Waals surface area contributed by atoms with Gasteiger partial charge in [0.1, 0.15) is 11.6 Å². The Bertz CT molecular complexity index is 503. The molecule has 3 N–H and O–H groups in total. The fraction of sp³-hybridized carbons (Fsp3) is 0.429. The Hall–Kier alpha value is -1.69. The second-order valence-corrected chi connectivity index (χ2v) is 5.32. The van der Waals surface area contributed by atoms with E-state index >= 15 is 0 Å². The average Bonchev–Trinajstić information content (AvgIpc) is 2.38. The number of nitrogens with zero attached hydrogens (tertiary/aromatic N) is 1. The number of nitrogens with one attached hydrogen (secondary N) is 2. The van der Waals surface area contributed by atoms with Crippen molar-refractivity contribution in [3.8, 4) is 5.75 Å². The molecule has 4 nitrogen and oxygen atoms in total. The largest absolute Gasteiger partial charge is 0.507 e. The molecule has 20 heavy (non-hydrogen) atoms. The van der Waals surface area contributed by atoms with Gasteiger partial charge in [0.05, 0.1) is 5.71 Å². The van der Waals surface area contributed by atoms with Crippen molar-refractivity contribution in [3.63, 3.8) is 0 Å². The lowest BCUT2D eigenvalue weighted by Crippen LogP contribution is -2.33. The number of aromatic hydroxyl groups is 1. The number of phenols is 1. The van der Waals surface area contributed by atoms with Gasteiger partial charge in [-0.3, -0.25) is 5.43 Å². The normalized spacial score (nSPS) is 11.6. The van der Waals surface area contributed by atoms with Crippen LogP contribution in [0.2, 0.25) is 0 Å². The van der Waals surface area contributed by atoms with Gasteiger partial charge in [-0.15, -0.1) is 0 Å². The summed E-state index contributed by atoms with van der Waals surface area (Å²) in [5.74, 6) is 0.151. The third kappa shape index (κ3) is 5.52. The lowest BCUT2D eigenvalue weighted by Gasteiger charge is -2.10. The van der Waals surface area contributed by atoms with Gasteiger partial charge in [-0.1, -0.05) is 13.8 Å². The van der Waals surface area contributed by atoms with Crippen LogP contribution in [-0.4, -0.2) is 22.5 Å². The predicted octanol–water partition coefficient (Wildman–Crippen LogP) is 2.77. The van der Waals surface area contributed by atoms with Gasteiger partial charge in [0.2, 0.25) is 0 Å². The molecule has 0 aliphatic carbocycles. The fourth-order valence-corrected chi connectivity index (χ4v) is 1.65. The number of hydrazone groups is 1. The highest BCUT2D eigenvalue weighted by atomic mass is 32.1. The van der Waals surface area contributed by atoms with Crippen LogP contribution >= 0.6 is 12.2 Å². The van der Waals surface area contributed by atoms with Crippen molar-refractivity contribution >= 4 is 23.0 Å². The first-order valence-corrected chi connectivity index (χ1v) is 6.88. The lowest BCUT2D eigenvalue weighted by atomic mass is 10.1. The SMILES string of the molecule is C/C(=N\NC(=S)NCCC(C)C)c1cc(F)ccc1O. The summed E-state index contributed by atoms with van der Waals surface area (Å²) in [5.41, 5.74) is 3.47. The maximum absolute atomic E-state index is 13.1. The minimum Gasteiger partial charge on any atom is -0.507 e. The van der Waals surface area contributed by atoms with Crippen LogP contribution in [-0.2, 0) is 0 Å². The zero-order chi connectivity index (χ0) is 15.1. The van der Waals surface area contributed by atoms with Gasteiger partial charge >= 0.3 is 0 Å². The molecule has 0 amide bonds. The van der Waals surface area contributed by atoms with Crippen molar-refractivity contribution in [2.45, 2.75) is 27.2 Å². The van der Waals surface area contributed by atoms with E-state index in [9.17, 15) is 9.50 Å². The molecule has 0 heterocycles. The van der Waals surface area contributed by atoms with Crippen LogP contribution in [0.1, 0.15) is 32.8 Å². The predicted molar refractivity (Wildman–Crippen MR) is 83.5 cm³/mol. The van der Waals surface area contributed by atoms with Crippen LogP contribution in [0.4, 0.5) is 4.39 Å². The molecule has 0 bridgehead atoms. The van der Waals surface area contributed by atoms with E-state index in [2.05, 4.69) is 29.7 Å². The average molecular weight is 297 g/mol. The third-order valence-corrected chi connectivity index (χ3v) is 2.92. The number of hydrogen-bond donors (Lipinski definition) is 3. The molecule has 1 aromatic rings. The molecular weight excluding hydrogens is 277 g/mol. The van der Waals surface area contributed by atoms with Gasteiger partial charge in [-0.2, -0.15) is 5.10 Å². The monoisotopic (exact) mass is 297 g/mol. The Morgan fingerprint density at radius 2 is 2.15 bits per heavy atom. The first-order valence-electron chi connectivity index (χ1n) is 6.47. The van der Waals surface area contributed by atoms with Crippen molar-refractivity contribution < 1.29 is 9.50 Å². The number of phenolic OH excluding ortho intramolecular Hbond substituents is 1. The quantitative estimate of drug-likeness (QED) is 0.444. The van der Waals surface area contributed by atoms with Crippen LogP contribution in [0.25, 0.3) is 0 Å². The van der Waals surface area contributed by atoms with Gasteiger partial charge in [0.25, 0.3) is 0 Å². The van der Waals surface area contributed by atoms with Crippen molar-refractivity contribution in [1.29, 1.82) is 0 Å². The van der Waals surface area contributed by atoms with E-state index in [1.807, 2.05) is 0 Å². The highest BCUT2D eigenvalue weighted by molar-refractivity contribution is 7.80. The molecule has 1 aromatic carbocycles. The zero-order valence-corrected chi connectivity index (χ0v) is 12.7. The summed E-state index contributed by atoms with van der Waals surface area (Å²) in [6, 6.07) is 3.71. The zero-order valence-electron chi connectivity index (χ0n) is 11.9. The fourth-order valence-electron chi connectivity index (χ4n) is 1.51. The van der Waals surface area contributed by atoms with E-state index in [1.54, 1.807) is 6.92 Å². The van der Waals surface area contributed by atoms with Gasteiger partial charge in [0.15, 0.2) is 5.11 Å². The van der Waals surface area contributed by atoms with Crippen molar-refractivity contribution in [3.05, 3.63) is 29.6 Å². The highest BCUT2D eigenvalue weighted by Crippen LogP contribution is 2.18. The lowest BCUT2D eigenvalue weighted by molar-refractivity contribution is 0.471.